The molecule has 1 aromatic rings. The second-order valence-corrected chi connectivity index (χ2v) is 8.16. The molecule has 0 bridgehead atoms. The summed E-state index contributed by atoms with van der Waals surface area (Å²) in [5.41, 5.74) is 0.102. The molecule has 3 N–H and O–H groups in total. The van der Waals surface area contributed by atoms with Crippen molar-refractivity contribution in [2.24, 2.45) is 5.92 Å². The standard InChI is InChI=1S/C20H32N4O3/c1-14-17(19(26)23-20(27)21-14)7-8-18(25)22-16-9-11-24(12-10-16)13-15-5-3-2-4-6-15/h15-16H,2-13H2,1H3,(H,22,25)(H2,21,23,26,27). The number of H-pyrrole nitrogens is 2. The van der Waals surface area contributed by atoms with Crippen LogP contribution in [0.4, 0.5) is 0 Å². The molecule has 1 aliphatic heterocycles. The first-order chi connectivity index (χ1) is 13.0. The number of likely N-dealkylation sites (tertiary alicyclic amines) is 1. The number of aryl methyl sites for hydroxylation is 1. The van der Waals surface area contributed by atoms with Gasteiger partial charge in [0, 0.05) is 43.4 Å². The minimum absolute atomic E-state index is 0.0225. The first kappa shape index (κ1) is 19.9. The molecule has 1 amide bonds. The number of aromatic amines is 2. The molecule has 0 spiro atoms. The minimum atomic E-state index is -0.509. The Morgan fingerprint density at radius 2 is 1.78 bits per heavy atom. The van der Waals surface area contributed by atoms with E-state index < -0.39 is 11.2 Å². The third-order valence-electron chi connectivity index (χ3n) is 6.05. The van der Waals surface area contributed by atoms with Gasteiger partial charge in [-0.3, -0.25) is 14.6 Å². The van der Waals surface area contributed by atoms with Crippen molar-refractivity contribution >= 4 is 5.91 Å². The minimum Gasteiger partial charge on any atom is -0.353 e. The number of amides is 1. The molecule has 0 aromatic carbocycles. The maximum absolute atomic E-state index is 12.3. The van der Waals surface area contributed by atoms with E-state index in [1.165, 1.54) is 38.6 Å². The second-order valence-electron chi connectivity index (χ2n) is 8.16. The van der Waals surface area contributed by atoms with Crippen LogP contribution >= 0.6 is 0 Å². The number of aromatic nitrogens is 2. The van der Waals surface area contributed by atoms with E-state index in [0.717, 1.165) is 31.8 Å². The van der Waals surface area contributed by atoms with Crippen LogP contribution in [0.25, 0.3) is 0 Å². The molecule has 7 nitrogen and oxygen atoms in total. The van der Waals surface area contributed by atoms with Crippen LogP contribution in [0, 0.1) is 12.8 Å². The average Bonchev–Trinajstić information content (AvgIpc) is 2.63. The van der Waals surface area contributed by atoms with E-state index in [9.17, 15) is 14.4 Å². The zero-order chi connectivity index (χ0) is 19.2. The maximum Gasteiger partial charge on any atom is 0.325 e. The quantitative estimate of drug-likeness (QED) is 0.700. The van der Waals surface area contributed by atoms with E-state index in [2.05, 4.69) is 20.2 Å². The number of hydrogen-bond acceptors (Lipinski definition) is 4. The fourth-order valence-corrected chi connectivity index (χ4v) is 4.46. The van der Waals surface area contributed by atoms with Gasteiger partial charge in [-0.2, -0.15) is 0 Å². The Labute approximate surface area is 159 Å². The number of hydrogen-bond donors (Lipinski definition) is 3. The van der Waals surface area contributed by atoms with Crippen molar-refractivity contribution < 1.29 is 4.79 Å². The summed E-state index contributed by atoms with van der Waals surface area (Å²) in [7, 11) is 0. The molecule has 1 aliphatic carbocycles. The summed E-state index contributed by atoms with van der Waals surface area (Å²) >= 11 is 0. The van der Waals surface area contributed by atoms with Crippen LogP contribution < -0.4 is 16.6 Å². The Morgan fingerprint density at radius 3 is 2.44 bits per heavy atom. The van der Waals surface area contributed by atoms with Gasteiger partial charge in [0.15, 0.2) is 0 Å². The smallest absolute Gasteiger partial charge is 0.325 e. The Morgan fingerprint density at radius 1 is 1.07 bits per heavy atom. The molecule has 1 saturated carbocycles. The van der Waals surface area contributed by atoms with Gasteiger partial charge in [-0.25, -0.2) is 4.79 Å². The lowest BCUT2D eigenvalue weighted by Gasteiger charge is -2.35. The topological polar surface area (TPSA) is 98.1 Å². The normalized spacial score (nSPS) is 19.9. The summed E-state index contributed by atoms with van der Waals surface area (Å²) in [5.74, 6) is 0.842. The Bertz CT molecular complexity index is 740. The van der Waals surface area contributed by atoms with Crippen molar-refractivity contribution in [2.45, 2.75) is 70.8 Å². The lowest BCUT2D eigenvalue weighted by molar-refractivity contribution is -0.122. The summed E-state index contributed by atoms with van der Waals surface area (Å²) in [5, 5.41) is 3.11. The van der Waals surface area contributed by atoms with Gasteiger partial charge in [-0.1, -0.05) is 19.3 Å². The SMILES string of the molecule is Cc1[nH]c(=O)[nH]c(=O)c1CCC(=O)NC1CCN(CC2CCCCC2)CC1. The first-order valence-electron chi connectivity index (χ1n) is 10.3. The molecular formula is C20H32N4O3. The highest BCUT2D eigenvalue weighted by Crippen LogP contribution is 2.25. The summed E-state index contributed by atoms with van der Waals surface area (Å²) in [6.07, 6.45) is 9.51. The molecule has 7 heteroatoms. The van der Waals surface area contributed by atoms with E-state index >= 15 is 0 Å². The van der Waals surface area contributed by atoms with Crippen LogP contribution in [0.3, 0.4) is 0 Å². The summed E-state index contributed by atoms with van der Waals surface area (Å²) in [6, 6.07) is 0.232. The molecule has 2 heterocycles. The van der Waals surface area contributed by atoms with Crippen molar-refractivity contribution in [2.75, 3.05) is 19.6 Å². The Balaban J connectivity index is 1.39. The van der Waals surface area contributed by atoms with Gasteiger partial charge in [0.05, 0.1) is 0 Å². The number of nitrogens with one attached hydrogen (secondary N) is 3. The number of carbonyl (C=O) groups is 1. The van der Waals surface area contributed by atoms with Crippen LogP contribution in [0.2, 0.25) is 0 Å². The van der Waals surface area contributed by atoms with E-state index in [1.54, 1.807) is 6.92 Å². The van der Waals surface area contributed by atoms with Gasteiger partial charge < -0.3 is 15.2 Å². The molecule has 2 aliphatic rings. The predicted molar refractivity (Wildman–Crippen MR) is 105 cm³/mol. The van der Waals surface area contributed by atoms with Crippen molar-refractivity contribution in [3.63, 3.8) is 0 Å². The molecule has 150 valence electrons. The lowest BCUT2D eigenvalue weighted by Crippen LogP contribution is -2.46. The Hall–Kier alpha value is -1.89. The van der Waals surface area contributed by atoms with Crippen LogP contribution in [-0.4, -0.2) is 46.5 Å². The number of rotatable bonds is 6. The zero-order valence-corrected chi connectivity index (χ0v) is 16.3. The molecule has 2 fully saturated rings. The van der Waals surface area contributed by atoms with Crippen molar-refractivity contribution in [1.29, 1.82) is 0 Å². The number of nitrogens with zero attached hydrogens (tertiary/aromatic N) is 1. The molecule has 0 radical (unpaired) electrons. The van der Waals surface area contributed by atoms with Gasteiger partial charge in [0.1, 0.15) is 0 Å². The highest BCUT2D eigenvalue weighted by Gasteiger charge is 2.23. The maximum atomic E-state index is 12.3. The van der Waals surface area contributed by atoms with Gasteiger partial charge in [-0.15, -0.1) is 0 Å². The number of carbonyl (C=O) groups excluding carboxylic acids is 1. The van der Waals surface area contributed by atoms with E-state index in [0.29, 0.717) is 17.7 Å². The monoisotopic (exact) mass is 376 g/mol. The molecule has 0 unspecified atom stereocenters. The highest BCUT2D eigenvalue weighted by molar-refractivity contribution is 5.76. The summed E-state index contributed by atoms with van der Waals surface area (Å²) in [4.78, 5) is 42.7. The third kappa shape index (κ3) is 5.79. The van der Waals surface area contributed by atoms with Crippen LogP contribution in [0.5, 0.6) is 0 Å². The van der Waals surface area contributed by atoms with Crippen LogP contribution in [-0.2, 0) is 11.2 Å². The fourth-order valence-electron chi connectivity index (χ4n) is 4.46. The van der Waals surface area contributed by atoms with E-state index in [-0.39, 0.29) is 18.4 Å². The van der Waals surface area contributed by atoms with Crippen LogP contribution in [0.1, 0.15) is 62.6 Å². The van der Waals surface area contributed by atoms with E-state index in [4.69, 9.17) is 0 Å². The van der Waals surface area contributed by atoms with E-state index in [1.807, 2.05) is 0 Å². The Kier molecular flexibility index (Phi) is 6.88. The van der Waals surface area contributed by atoms with Gasteiger partial charge in [-0.05, 0) is 44.9 Å². The van der Waals surface area contributed by atoms with Gasteiger partial charge in [0.25, 0.3) is 5.56 Å². The third-order valence-corrected chi connectivity index (χ3v) is 6.05. The molecular weight excluding hydrogens is 344 g/mol. The lowest BCUT2D eigenvalue weighted by atomic mass is 9.88. The molecule has 1 aromatic heterocycles. The molecule has 27 heavy (non-hydrogen) atoms. The van der Waals surface area contributed by atoms with Crippen LogP contribution in [0.15, 0.2) is 9.59 Å². The molecule has 1 saturated heterocycles. The summed E-state index contributed by atoms with van der Waals surface area (Å²) in [6.45, 7) is 5.02. The largest absolute Gasteiger partial charge is 0.353 e. The zero-order valence-electron chi connectivity index (χ0n) is 16.3. The van der Waals surface area contributed by atoms with Crippen molar-refractivity contribution in [1.82, 2.24) is 20.2 Å². The van der Waals surface area contributed by atoms with Crippen molar-refractivity contribution in [3.05, 3.63) is 32.1 Å². The molecule has 0 atom stereocenters. The number of piperidine rings is 1. The second kappa shape index (κ2) is 9.35. The molecule has 3 rings (SSSR count). The predicted octanol–water partition coefficient (Wildman–Crippen LogP) is 1.47. The first-order valence-corrected chi connectivity index (χ1v) is 10.3. The summed E-state index contributed by atoms with van der Waals surface area (Å²) < 4.78 is 0. The van der Waals surface area contributed by atoms with Crippen molar-refractivity contribution in [3.8, 4) is 0 Å². The average molecular weight is 377 g/mol. The van der Waals surface area contributed by atoms with Gasteiger partial charge >= 0.3 is 5.69 Å². The fraction of sp³-hybridized carbons (Fsp3) is 0.750. The van der Waals surface area contributed by atoms with Gasteiger partial charge in [0.2, 0.25) is 5.91 Å². The highest BCUT2D eigenvalue weighted by atomic mass is 16.2.